The molecule has 1 aliphatic heterocycles. The third-order valence-corrected chi connectivity index (χ3v) is 2.18. The van der Waals surface area contributed by atoms with E-state index in [-0.39, 0.29) is 11.9 Å². The van der Waals surface area contributed by atoms with Crippen LogP contribution in [0.3, 0.4) is 0 Å². The molecule has 1 aromatic heterocycles. The van der Waals surface area contributed by atoms with Crippen LogP contribution in [-0.2, 0) is 0 Å². The molecule has 2 N–H and O–H groups in total. The van der Waals surface area contributed by atoms with E-state index in [1.54, 1.807) is 6.07 Å². The van der Waals surface area contributed by atoms with Gasteiger partial charge in [-0.15, -0.1) is 0 Å². The fraction of sp³-hybridized carbons (Fsp3) is 0.500. The smallest absolute Gasteiger partial charge is 0.404 e. The van der Waals surface area contributed by atoms with Gasteiger partial charge >= 0.3 is 5.88 Å². The number of nitrogens with one attached hydrogen (secondary N) is 2. The minimum absolute atomic E-state index is 0.0393. The minimum atomic E-state index is -0.528. The highest BCUT2D eigenvalue weighted by atomic mass is 16.6. The lowest BCUT2D eigenvalue weighted by Crippen LogP contribution is -2.42. The molecule has 0 spiro atoms. The standard InChI is InChI=1S/C8H11N3O3/c12-11(13)8-2-1-7(14-8)6-5-9-3-4-10-6/h1-2,6,9-10H,3-5H2/t6-/m1/s1. The summed E-state index contributed by atoms with van der Waals surface area (Å²) >= 11 is 0. The van der Waals surface area contributed by atoms with Crippen molar-refractivity contribution in [2.45, 2.75) is 6.04 Å². The first-order chi connectivity index (χ1) is 6.77. The molecule has 0 unspecified atom stereocenters. The molecule has 6 nitrogen and oxygen atoms in total. The van der Waals surface area contributed by atoms with Crippen molar-refractivity contribution in [3.63, 3.8) is 0 Å². The van der Waals surface area contributed by atoms with E-state index in [1.165, 1.54) is 6.07 Å². The molecule has 14 heavy (non-hydrogen) atoms. The van der Waals surface area contributed by atoms with Crippen LogP contribution in [0.1, 0.15) is 11.8 Å². The largest absolute Gasteiger partial charge is 0.433 e. The highest BCUT2D eigenvalue weighted by molar-refractivity contribution is 5.20. The zero-order valence-electron chi connectivity index (χ0n) is 7.53. The molecule has 0 aliphatic carbocycles. The molecule has 1 saturated heterocycles. The Morgan fingerprint density at radius 2 is 2.36 bits per heavy atom. The van der Waals surface area contributed by atoms with Gasteiger partial charge in [-0.3, -0.25) is 10.1 Å². The summed E-state index contributed by atoms with van der Waals surface area (Å²) in [5.74, 6) is 0.413. The zero-order chi connectivity index (χ0) is 9.97. The lowest BCUT2D eigenvalue weighted by Gasteiger charge is -2.22. The van der Waals surface area contributed by atoms with Crippen molar-refractivity contribution in [2.75, 3.05) is 19.6 Å². The SMILES string of the molecule is O=[N+]([O-])c1ccc([C@H]2CNCCN2)o1. The van der Waals surface area contributed by atoms with Crippen LogP contribution in [0.25, 0.3) is 0 Å². The van der Waals surface area contributed by atoms with E-state index in [0.29, 0.717) is 5.76 Å². The third-order valence-electron chi connectivity index (χ3n) is 2.18. The van der Waals surface area contributed by atoms with E-state index in [4.69, 9.17) is 4.42 Å². The minimum Gasteiger partial charge on any atom is -0.404 e. The van der Waals surface area contributed by atoms with Gasteiger partial charge in [-0.1, -0.05) is 0 Å². The molecule has 0 amide bonds. The second-order valence-corrected chi connectivity index (χ2v) is 3.14. The number of hydrogen-bond donors (Lipinski definition) is 2. The topological polar surface area (TPSA) is 80.3 Å². The number of rotatable bonds is 2. The molecular weight excluding hydrogens is 186 g/mol. The normalized spacial score (nSPS) is 22.1. The first-order valence-corrected chi connectivity index (χ1v) is 4.45. The number of hydrogen-bond acceptors (Lipinski definition) is 5. The third kappa shape index (κ3) is 1.75. The van der Waals surface area contributed by atoms with Crippen LogP contribution in [0, 0.1) is 10.1 Å². The Labute approximate surface area is 80.4 Å². The summed E-state index contributed by atoms with van der Waals surface area (Å²) in [4.78, 5) is 9.84. The predicted molar refractivity (Wildman–Crippen MR) is 49.0 cm³/mol. The first kappa shape index (κ1) is 9.17. The van der Waals surface area contributed by atoms with E-state index in [0.717, 1.165) is 19.6 Å². The van der Waals surface area contributed by atoms with Gasteiger partial charge in [0.05, 0.1) is 12.1 Å². The molecular formula is C8H11N3O3. The van der Waals surface area contributed by atoms with Gasteiger partial charge in [0, 0.05) is 19.6 Å². The molecule has 0 radical (unpaired) electrons. The summed E-state index contributed by atoms with van der Waals surface area (Å²) in [7, 11) is 0. The molecule has 76 valence electrons. The number of furan rings is 1. The number of nitro groups is 1. The predicted octanol–water partition coefficient (Wildman–Crippen LogP) is 0.422. The van der Waals surface area contributed by atoms with Gasteiger partial charge in [0.2, 0.25) is 0 Å². The van der Waals surface area contributed by atoms with Gasteiger partial charge in [0.25, 0.3) is 0 Å². The van der Waals surface area contributed by atoms with Crippen LogP contribution in [0.2, 0.25) is 0 Å². The molecule has 6 heteroatoms. The average Bonchev–Trinajstić information content (AvgIpc) is 2.68. The fourth-order valence-electron chi connectivity index (χ4n) is 1.48. The van der Waals surface area contributed by atoms with Crippen LogP contribution >= 0.6 is 0 Å². The summed E-state index contributed by atoms with van der Waals surface area (Å²) in [5, 5.41) is 16.8. The Bertz CT molecular complexity index is 330. The molecule has 1 atom stereocenters. The Balaban J connectivity index is 2.11. The monoisotopic (exact) mass is 197 g/mol. The number of piperazine rings is 1. The molecule has 0 saturated carbocycles. The highest BCUT2D eigenvalue weighted by Crippen LogP contribution is 2.21. The van der Waals surface area contributed by atoms with E-state index in [9.17, 15) is 10.1 Å². The lowest BCUT2D eigenvalue weighted by atomic mass is 10.2. The summed E-state index contributed by atoms with van der Waals surface area (Å²) in [6, 6.07) is 3.06. The second kappa shape index (κ2) is 3.77. The van der Waals surface area contributed by atoms with E-state index < -0.39 is 4.92 Å². The molecule has 2 rings (SSSR count). The van der Waals surface area contributed by atoms with Crippen LogP contribution in [0.4, 0.5) is 5.88 Å². The maximum atomic E-state index is 10.4. The van der Waals surface area contributed by atoms with Crippen molar-refractivity contribution in [3.8, 4) is 0 Å². The van der Waals surface area contributed by atoms with Crippen molar-refractivity contribution in [3.05, 3.63) is 28.0 Å². The highest BCUT2D eigenvalue weighted by Gasteiger charge is 2.20. The Morgan fingerprint density at radius 3 is 2.93 bits per heavy atom. The van der Waals surface area contributed by atoms with Gasteiger partial charge in [-0.2, -0.15) is 0 Å². The molecule has 1 aromatic rings. The van der Waals surface area contributed by atoms with E-state index in [1.807, 2.05) is 0 Å². The van der Waals surface area contributed by atoms with Crippen molar-refractivity contribution in [1.29, 1.82) is 0 Å². The summed E-state index contributed by atoms with van der Waals surface area (Å²) in [6.45, 7) is 2.50. The maximum Gasteiger partial charge on any atom is 0.433 e. The van der Waals surface area contributed by atoms with Gasteiger partial charge in [0.1, 0.15) is 10.7 Å². The van der Waals surface area contributed by atoms with Crippen LogP contribution < -0.4 is 10.6 Å². The average molecular weight is 197 g/mol. The summed E-state index contributed by atoms with van der Waals surface area (Å²) in [5.41, 5.74) is 0. The van der Waals surface area contributed by atoms with E-state index in [2.05, 4.69) is 10.6 Å². The lowest BCUT2D eigenvalue weighted by molar-refractivity contribution is -0.402. The summed E-state index contributed by atoms with van der Waals surface area (Å²) in [6.07, 6.45) is 0. The molecule has 0 bridgehead atoms. The Kier molecular flexibility index (Phi) is 2.47. The van der Waals surface area contributed by atoms with Gasteiger partial charge in [-0.25, -0.2) is 0 Å². The van der Waals surface area contributed by atoms with Gasteiger partial charge in [0.15, 0.2) is 0 Å². The van der Waals surface area contributed by atoms with Crippen molar-refractivity contribution >= 4 is 5.88 Å². The van der Waals surface area contributed by atoms with Crippen molar-refractivity contribution < 1.29 is 9.34 Å². The summed E-state index contributed by atoms with van der Waals surface area (Å²) < 4.78 is 5.08. The fourth-order valence-corrected chi connectivity index (χ4v) is 1.48. The molecule has 1 fully saturated rings. The van der Waals surface area contributed by atoms with Crippen molar-refractivity contribution in [2.24, 2.45) is 0 Å². The van der Waals surface area contributed by atoms with Crippen LogP contribution in [-0.4, -0.2) is 24.6 Å². The second-order valence-electron chi connectivity index (χ2n) is 3.14. The van der Waals surface area contributed by atoms with Crippen LogP contribution in [0.15, 0.2) is 16.5 Å². The zero-order valence-corrected chi connectivity index (χ0v) is 7.53. The number of nitrogens with zero attached hydrogens (tertiary/aromatic N) is 1. The Morgan fingerprint density at radius 1 is 1.50 bits per heavy atom. The van der Waals surface area contributed by atoms with Gasteiger partial charge in [-0.05, 0) is 6.07 Å². The first-order valence-electron chi connectivity index (χ1n) is 4.45. The van der Waals surface area contributed by atoms with Crippen molar-refractivity contribution in [1.82, 2.24) is 10.6 Å². The maximum absolute atomic E-state index is 10.4. The van der Waals surface area contributed by atoms with Gasteiger partial charge < -0.3 is 15.1 Å². The Hall–Kier alpha value is -1.40. The van der Waals surface area contributed by atoms with Crippen LogP contribution in [0.5, 0.6) is 0 Å². The molecule has 0 aromatic carbocycles. The quantitative estimate of drug-likeness (QED) is 0.530. The molecule has 1 aliphatic rings. The molecule has 2 heterocycles. The van der Waals surface area contributed by atoms with E-state index >= 15 is 0 Å².